The van der Waals surface area contributed by atoms with Crippen LogP contribution in [0.2, 0.25) is 0 Å². The van der Waals surface area contributed by atoms with Gasteiger partial charge in [0.25, 0.3) is 0 Å². The van der Waals surface area contributed by atoms with Gasteiger partial charge in [-0.15, -0.1) is 12.6 Å². The van der Waals surface area contributed by atoms with Gasteiger partial charge < -0.3 is 0 Å². The molecular weight excluding hydrogens is 245 g/mol. The molecule has 5 heteroatoms. The molecule has 0 aromatic heterocycles. The van der Waals surface area contributed by atoms with Gasteiger partial charge >= 0.3 is 29.6 Å². The van der Waals surface area contributed by atoms with Crippen LogP contribution in [0.1, 0.15) is 5.56 Å². The Morgan fingerprint density at radius 1 is 1.00 bits per heavy atom. The fourth-order valence-electron chi connectivity index (χ4n) is 0.650. The van der Waals surface area contributed by atoms with Gasteiger partial charge in [-0.1, -0.05) is 46.9 Å². The van der Waals surface area contributed by atoms with Crippen LogP contribution in [0.25, 0.3) is 0 Å². The van der Waals surface area contributed by atoms with Gasteiger partial charge in [-0.25, -0.2) is 0 Å². The molecule has 0 fully saturated rings. The van der Waals surface area contributed by atoms with E-state index in [1.54, 1.807) is 24.3 Å². The molecule has 0 unspecified atom stereocenters. The third-order valence-electron chi connectivity index (χ3n) is 1.19. The maximum absolute atomic E-state index is 5.62. The molecule has 0 aliphatic carbocycles. The van der Waals surface area contributed by atoms with Crippen LogP contribution >= 0.6 is 47.4 Å². The van der Waals surface area contributed by atoms with Crippen LogP contribution in [0.3, 0.4) is 0 Å². The number of rotatable bonds is 0. The summed E-state index contributed by atoms with van der Waals surface area (Å²) >= 11 is 20.9. The molecule has 0 bridgehead atoms. The number of hydrogen-bond acceptors (Lipinski definition) is 1. The number of thiol groups is 1. The van der Waals surface area contributed by atoms with Crippen molar-refractivity contribution in [2.75, 3.05) is 0 Å². The van der Waals surface area contributed by atoms with Crippen molar-refractivity contribution in [1.29, 1.82) is 0 Å². The summed E-state index contributed by atoms with van der Waals surface area (Å²) < 4.78 is -1.33. The van der Waals surface area contributed by atoms with Gasteiger partial charge in [0.1, 0.15) is 0 Å². The van der Waals surface area contributed by atoms with Gasteiger partial charge in [-0.3, -0.25) is 0 Å². The Bertz CT molecular complexity index is 242. The SMILES string of the molecule is Sc1ccc(C(Cl)(Cl)Cl)cc1.[NaH]. The van der Waals surface area contributed by atoms with E-state index in [4.69, 9.17) is 34.8 Å². The molecule has 0 heterocycles. The van der Waals surface area contributed by atoms with Crippen molar-refractivity contribution in [3.05, 3.63) is 29.8 Å². The van der Waals surface area contributed by atoms with Crippen LogP contribution in [0.4, 0.5) is 0 Å². The van der Waals surface area contributed by atoms with E-state index < -0.39 is 3.79 Å². The van der Waals surface area contributed by atoms with Gasteiger partial charge in [0.15, 0.2) is 0 Å². The molecule has 1 aromatic rings. The van der Waals surface area contributed by atoms with Gasteiger partial charge in [-0.2, -0.15) is 0 Å². The van der Waals surface area contributed by atoms with Crippen molar-refractivity contribution in [2.24, 2.45) is 0 Å². The zero-order valence-electron chi connectivity index (χ0n) is 5.39. The minimum absolute atomic E-state index is 0. The molecule has 0 radical (unpaired) electrons. The molecule has 0 aliphatic rings. The van der Waals surface area contributed by atoms with Crippen LogP contribution < -0.4 is 0 Å². The minimum atomic E-state index is -1.33. The molecular formula is C7H6Cl3NaS. The molecule has 0 atom stereocenters. The van der Waals surface area contributed by atoms with E-state index in [1.807, 2.05) is 0 Å². The molecule has 1 rings (SSSR count). The molecule has 0 aliphatic heterocycles. The van der Waals surface area contributed by atoms with Crippen LogP contribution in [0.5, 0.6) is 0 Å². The topological polar surface area (TPSA) is 0 Å². The van der Waals surface area contributed by atoms with Crippen molar-refractivity contribution in [1.82, 2.24) is 0 Å². The average molecular weight is 252 g/mol. The fraction of sp³-hybridized carbons (Fsp3) is 0.143. The third-order valence-corrected chi connectivity index (χ3v) is 2.15. The van der Waals surface area contributed by atoms with Gasteiger partial charge in [0, 0.05) is 10.5 Å². The normalized spacial score (nSPS) is 10.7. The summed E-state index contributed by atoms with van der Waals surface area (Å²) in [5, 5.41) is 0. The number of benzene rings is 1. The van der Waals surface area contributed by atoms with E-state index >= 15 is 0 Å². The first-order valence-electron chi connectivity index (χ1n) is 2.86. The molecule has 0 N–H and O–H groups in total. The molecule has 0 saturated carbocycles. The molecule has 12 heavy (non-hydrogen) atoms. The number of halogens is 3. The first kappa shape index (κ1) is 13.4. The van der Waals surface area contributed by atoms with Crippen molar-refractivity contribution in [3.63, 3.8) is 0 Å². The summed E-state index contributed by atoms with van der Waals surface area (Å²) in [5.74, 6) is 0. The monoisotopic (exact) mass is 250 g/mol. The van der Waals surface area contributed by atoms with E-state index in [1.165, 1.54) is 0 Å². The third kappa shape index (κ3) is 4.10. The number of hydrogen-bond donors (Lipinski definition) is 1. The standard InChI is InChI=1S/C7H5Cl3S.Na.H/c8-7(9,10)5-1-3-6(11)4-2-5;;/h1-4,11H;;. The van der Waals surface area contributed by atoms with Crippen LogP contribution in [0, 0.1) is 0 Å². The van der Waals surface area contributed by atoms with Crippen LogP contribution in [-0.4, -0.2) is 29.6 Å². The Kier molecular flexibility index (Phi) is 6.00. The van der Waals surface area contributed by atoms with E-state index in [-0.39, 0.29) is 29.6 Å². The first-order valence-corrected chi connectivity index (χ1v) is 4.44. The van der Waals surface area contributed by atoms with Crippen LogP contribution in [0.15, 0.2) is 29.2 Å². The van der Waals surface area contributed by atoms with Gasteiger partial charge in [0.2, 0.25) is 3.79 Å². The second-order valence-corrected chi connectivity index (χ2v) is 4.84. The van der Waals surface area contributed by atoms with E-state index in [2.05, 4.69) is 12.6 Å². The molecule has 0 nitrogen and oxygen atoms in total. The van der Waals surface area contributed by atoms with E-state index in [0.717, 1.165) is 4.90 Å². The quantitative estimate of drug-likeness (QED) is 0.409. The van der Waals surface area contributed by atoms with E-state index in [0.29, 0.717) is 5.56 Å². The predicted molar refractivity (Wildman–Crippen MR) is 60.1 cm³/mol. The summed E-state index contributed by atoms with van der Waals surface area (Å²) in [5.41, 5.74) is 0.653. The molecule has 0 amide bonds. The summed E-state index contributed by atoms with van der Waals surface area (Å²) in [6.45, 7) is 0. The Morgan fingerprint density at radius 3 is 1.75 bits per heavy atom. The van der Waals surface area contributed by atoms with Crippen LogP contribution in [-0.2, 0) is 3.79 Å². The second kappa shape index (κ2) is 5.35. The first-order chi connectivity index (χ1) is 5.00. The fourth-order valence-corrected chi connectivity index (χ4v) is 1.18. The van der Waals surface area contributed by atoms with Crippen molar-refractivity contribution in [2.45, 2.75) is 8.69 Å². The van der Waals surface area contributed by atoms with Gasteiger partial charge in [0.05, 0.1) is 0 Å². The number of alkyl halides is 3. The zero-order chi connectivity index (χ0) is 8.48. The predicted octanol–water partition coefficient (Wildman–Crippen LogP) is 3.15. The zero-order valence-corrected chi connectivity index (χ0v) is 8.55. The summed E-state index contributed by atoms with van der Waals surface area (Å²) in [4.78, 5) is 0.850. The Balaban J connectivity index is 0.00000121. The van der Waals surface area contributed by atoms with Gasteiger partial charge in [-0.05, 0) is 12.1 Å². The van der Waals surface area contributed by atoms with E-state index in [9.17, 15) is 0 Å². The average Bonchev–Trinajstić information content (AvgIpc) is 1.86. The maximum atomic E-state index is 5.62. The molecule has 62 valence electrons. The molecule has 1 aromatic carbocycles. The molecule has 0 spiro atoms. The summed E-state index contributed by atoms with van der Waals surface area (Å²) in [6, 6.07) is 7.02. The Morgan fingerprint density at radius 2 is 1.42 bits per heavy atom. The Labute approximate surface area is 114 Å². The Hall–Kier alpha value is 1.44. The van der Waals surface area contributed by atoms with Crippen molar-refractivity contribution >= 4 is 77.0 Å². The van der Waals surface area contributed by atoms with Crippen molar-refractivity contribution < 1.29 is 0 Å². The summed E-state index contributed by atoms with van der Waals surface area (Å²) in [6.07, 6.45) is 0. The second-order valence-electron chi connectivity index (χ2n) is 2.04. The summed E-state index contributed by atoms with van der Waals surface area (Å²) in [7, 11) is 0. The molecule has 0 saturated heterocycles. The van der Waals surface area contributed by atoms with Crippen molar-refractivity contribution in [3.8, 4) is 0 Å².